The Morgan fingerprint density at radius 2 is 1.68 bits per heavy atom. The van der Waals surface area contributed by atoms with Gasteiger partial charge in [0.15, 0.2) is 0 Å². The fourth-order valence-corrected chi connectivity index (χ4v) is 4.05. The Morgan fingerprint density at radius 1 is 1.04 bits per heavy atom. The zero-order valence-electron chi connectivity index (χ0n) is 14.2. The maximum atomic E-state index is 13.1. The maximum Gasteiger partial charge on any atom is 0.251 e. The molecule has 1 aromatic rings. The van der Waals surface area contributed by atoms with Gasteiger partial charge in [0, 0.05) is 37.8 Å². The molecule has 1 aromatic carbocycles. The van der Waals surface area contributed by atoms with E-state index in [9.17, 15) is 9.59 Å². The van der Waals surface area contributed by atoms with Crippen molar-refractivity contribution in [3.8, 4) is 0 Å². The van der Waals surface area contributed by atoms with E-state index in [4.69, 9.17) is 16.3 Å². The molecule has 2 aliphatic heterocycles. The molecule has 4 rings (SSSR count). The van der Waals surface area contributed by atoms with Crippen molar-refractivity contribution < 1.29 is 14.3 Å². The number of halogens is 1. The number of nitrogens with zero attached hydrogens (tertiary/aromatic N) is 2. The molecular weight excluding hydrogens is 340 g/mol. The number of benzene rings is 1. The van der Waals surface area contributed by atoms with Crippen molar-refractivity contribution in [3.05, 3.63) is 34.9 Å². The maximum absolute atomic E-state index is 13.1. The lowest BCUT2D eigenvalue weighted by Crippen LogP contribution is -2.54. The van der Waals surface area contributed by atoms with E-state index >= 15 is 0 Å². The lowest BCUT2D eigenvalue weighted by molar-refractivity contribution is -0.146. The minimum Gasteiger partial charge on any atom is -0.368 e. The van der Waals surface area contributed by atoms with E-state index in [0.29, 0.717) is 37.8 Å². The molecule has 0 radical (unpaired) electrons. The summed E-state index contributed by atoms with van der Waals surface area (Å²) in [5.41, 5.74) is 0.686. The van der Waals surface area contributed by atoms with Crippen molar-refractivity contribution in [2.75, 3.05) is 32.8 Å². The standard InChI is InChI=1S/C19H23ClN2O3/c20-15-5-3-14(4-6-15)19(7-8-19)18(24)22-11-9-21(10-12-22)17(23)16-2-1-13-25-16/h3-6,16H,1-2,7-13H2. The Kier molecular flexibility index (Phi) is 4.46. The number of carbonyl (C=O) groups excluding carboxylic acids is 2. The molecule has 3 aliphatic rings. The van der Waals surface area contributed by atoms with Crippen molar-refractivity contribution >= 4 is 23.4 Å². The van der Waals surface area contributed by atoms with E-state index in [2.05, 4.69) is 0 Å². The third kappa shape index (κ3) is 3.15. The summed E-state index contributed by atoms with van der Waals surface area (Å²) >= 11 is 5.97. The minimum absolute atomic E-state index is 0.0865. The van der Waals surface area contributed by atoms with Gasteiger partial charge >= 0.3 is 0 Å². The first kappa shape index (κ1) is 16.9. The van der Waals surface area contributed by atoms with Gasteiger partial charge in [-0.1, -0.05) is 23.7 Å². The van der Waals surface area contributed by atoms with Gasteiger partial charge in [-0.25, -0.2) is 0 Å². The largest absolute Gasteiger partial charge is 0.368 e. The van der Waals surface area contributed by atoms with Crippen LogP contribution in [0.5, 0.6) is 0 Å². The third-order valence-corrected chi connectivity index (χ3v) is 5.89. The van der Waals surface area contributed by atoms with Crippen LogP contribution in [-0.2, 0) is 19.7 Å². The predicted molar refractivity (Wildman–Crippen MR) is 94.5 cm³/mol. The highest BCUT2D eigenvalue weighted by Gasteiger charge is 2.53. The molecule has 1 saturated carbocycles. The van der Waals surface area contributed by atoms with Gasteiger partial charge in [-0.2, -0.15) is 0 Å². The van der Waals surface area contributed by atoms with Crippen LogP contribution in [0.4, 0.5) is 0 Å². The van der Waals surface area contributed by atoms with Crippen LogP contribution < -0.4 is 0 Å². The van der Waals surface area contributed by atoms with Crippen LogP contribution in [0.15, 0.2) is 24.3 Å². The smallest absolute Gasteiger partial charge is 0.251 e. The highest BCUT2D eigenvalue weighted by molar-refractivity contribution is 6.30. The molecule has 1 aliphatic carbocycles. The Hall–Kier alpha value is -1.59. The lowest BCUT2D eigenvalue weighted by Gasteiger charge is -2.37. The fourth-order valence-electron chi connectivity index (χ4n) is 3.93. The quantitative estimate of drug-likeness (QED) is 0.828. The highest BCUT2D eigenvalue weighted by Crippen LogP contribution is 2.49. The van der Waals surface area contributed by atoms with Gasteiger partial charge < -0.3 is 14.5 Å². The summed E-state index contributed by atoms with van der Waals surface area (Å²) in [4.78, 5) is 29.3. The zero-order valence-corrected chi connectivity index (χ0v) is 15.0. The Bertz CT molecular complexity index is 658. The number of carbonyl (C=O) groups is 2. The normalized spacial score (nSPS) is 25.1. The molecule has 5 nitrogen and oxygen atoms in total. The third-order valence-electron chi connectivity index (χ3n) is 5.64. The summed E-state index contributed by atoms with van der Waals surface area (Å²) in [5, 5.41) is 0.688. The summed E-state index contributed by atoms with van der Waals surface area (Å²) in [5.74, 6) is 0.280. The van der Waals surface area contributed by atoms with Gasteiger partial charge in [0.25, 0.3) is 5.91 Å². The van der Waals surface area contributed by atoms with E-state index in [1.54, 1.807) is 0 Å². The van der Waals surface area contributed by atoms with Gasteiger partial charge in [0.2, 0.25) is 5.91 Å². The molecule has 2 heterocycles. The molecule has 25 heavy (non-hydrogen) atoms. The van der Waals surface area contributed by atoms with Crippen molar-refractivity contribution in [2.24, 2.45) is 0 Å². The van der Waals surface area contributed by atoms with E-state index in [0.717, 1.165) is 31.2 Å². The summed E-state index contributed by atoms with van der Waals surface area (Å²) in [6.45, 7) is 3.08. The van der Waals surface area contributed by atoms with Crippen molar-refractivity contribution in [1.82, 2.24) is 9.80 Å². The van der Waals surface area contributed by atoms with Crippen molar-refractivity contribution in [1.29, 1.82) is 0 Å². The van der Waals surface area contributed by atoms with E-state index in [-0.39, 0.29) is 23.3 Å². The summed E-state index contributed by atoms with van der Waals surface area (Å²) in [6, 6.07) is 7.62. The van der Waals surface area contributed by atoms with Crippen molar-refractivity contribution in [2.45, 2.75) is 37.2 Å². The second kappa shape index (κ2) is 6.61. The molecule has 0 spiro atoms. The van der Waals surface area contributed by atoms with Crippen LogP contribution in [-0.4, -0.2) is 60.5 Å². The second-order valence-electron chi connectivity index (χ2n) is 7.21. The number of rotatable bonds is 3. The molecule has 0 aromatic heterocycles. The molecule has 1 unspecified atom stereocenters. The molecule has 6 heteroatoms. The van der Waals surface area contributed by atoms with E-state index in [1.165, 1.54) is 0 Å². The van der Waals surface area contributed by atoms with Gasteiger partial charge in [-0.05, 0) is 43.4 Å². The second-order valence-corrected chi connectivity index (χ2v) is 7.64. The fraction of sp³-hybridized carbons (Fsp3) is 0.579. The van der Waals surface area contributed by atoms with Crippen LogP contribution in [0.25, 0.3) is 0 Å². The molecule has 1 atom stereocenters. The van der Waals surface area contributed by atoms with Crippen LogP contribution in [0.3, 0.4) is 0 Å². The molecular formula is C19H23ClN2O3. The minimum atomic E-state index is -0.370. The van der Waals surface area contributed by atoms with Crippen LogP contribution in [0, 0.1) is 0 Å². The van der Waals surface area contributed by atoms with Gasteiger partial charge in [-0.15, -0.1) is 0 Å². The predicted octanol–water partition coefficient (Wildman–Crippen LogP) is 2.22. The van der Waals surface area contributed by atoms with Crippen LogP contribution >= 0.6 is 11.6 Å². The molecule has 2 saturated heterocycles. The summed E-state index contributed by atoms with van der Waals surface area (Å²) in [7, 11) is 0. The number of hydrogen-bond acceptors (Lipinski definition) is 3. The van der Waals surface area contributed by atoms with Gasteiger partial charge in [0.1, 0.15) is 6.10 Å². The molecule has 134 valence electrons. The van der Waals surface area contributed by atoms with Crippen LogP contribution in [0.1, 0.15) is 31.2 Å². The number of piperazine rings is 1. The summed E-state index contributed by atoms with van der Waals surface area (Å²) < 4.78 is 5.49. The Morgan fingerprint density at radius 3 is 2.24 bits per heavy atom. The Balaban J connectivity index is 1.38. The number of hydrogen-bond donors (Lipinski definition) is 0. The lowest BCUT2D eigenvalue weighted by atomic mass is 9.94. The number of amides is 2. The molecule has 0 N–H and O–H groups in total. The monoisotopic (exact) mass is 362 g/mol. The van der Waals surface area contributed by atoms with Gasteiger partial charge in [0.05, 0.1) is 5.41 Å². The first-order valence-corrected chi connectivity index (χ1v) is 9.44. The first-order chi connectivity index (χ1) is 12.1. The molecule has 0 bridgehead atoms. The summed E-state index contributed by atoms with van der Waals surface area (Å²) in [6.07, 6.45) is 3.28. The Labute approximate surface area is 152 Å². The highest BCUT2D eigenvalue weighted by atomic mass is 35.5. The van der Waals surface area contributed by atoms with E-state index < -0.39 is 0 Å². The van der Waals surface area contributed by atoms with Gasteiger partial charge in [-0.3, -0.25) is 9.59 Å². The average Bonchev–Trinajstić information content (AvgIpc) is 3.27. The number of ether oxygens (including phenoxy) is 1. The zero-order chi connectivity index (χ0) is 17.4. The molecule has 3 fully saturated rings. The van der Waals surface area contributed by atoms with E-state index in [1.807, 2.05) is 34.1 Å². The SMILES string of the molecule is O=C(C1CCCO1)N1CCN(C(=O)C2(c3ccc(Cl)cc3)CC2)CC1. The van der Waals surface area contributed by atoms with Crippen LogP contribution in [0.2, 0.25) is 5.02 Å². The topological polar surface area (TPSA) is 49.9 Å². The first-order valence-electron chi connectivity index (χ1n) is 9.06. The average molecular weight is 363 g/mol. The molecule has 2 amide bonds. The van der Waals surface area contributed by atoms with Crippen molar-refractivity contribution in [3.63, 3.8) is 0 Å².